The van der Waals surface area contributed by atoms with Crippen molar-refractivity contribution in [3.05, 3.63) is 17.7 Å². The molecule has 2 heterocycles. The second-order valence-electron chi connectivity index (χ2n) is 3.98. The van der Waals surface area contributed by atoms with Gasteiger partial charge in [0.1, 0.15) is 0 Å². The molecule has 0 bridgehead atoms. The van der Waals surface area contributed by atoms with Crippen LogP contribution in [0.4, 0.5) is 4.39 Å². The quantitative estimate of drug-likeness (QED) is 0.351. The number of rotatable bonds is 3. The highest BCUT2D eigenvalue weighted by Crippen LogP contribution is 2.31. The minimum absolute atomic E-state index is 0.0138. The number of H-pyrrole nitrogens is 1. The molecule has 1 aliphatic rings. The summed E-state index contributed by atoms with van der Waals surface area (Å²) in [6.07, 6.45) is 1.36. The second kappa shape index (κ2) is 5.23. The third-order valence-corrected chi connectivity index (χ3v) is 2.71. The molecule has 1 saturated heterocycles. The monoisotopic (exact) mass is 255 g/mol. The Morgan fingerprint density at radius 1 is 1.72 bits per heavy atom. The minimum atomic E-state index is -1.37. The Morgan fingerprint density at radius 3 is 3.11 bits per heavy atom. The van der Waals surface area contributed by atoms with Gasteiger partial charge in [-0.05, 0) is 12.8 Å². The van der Waals surface area contributed by atoms with Gasteiger partial charge in [0.2, 0.25) is 0 Å². The molecule has 5 N–H and O–H groups in total. The normalized spacial score (nSPS) is 24.4. The Bertz CT molecular complexity index is 473. The molecule has 18 heavy (non-hydrogen) atoms. The van der Waals surface area contributed by atoms with Crippen LogP contribution in [0.3, 0.4) is 0 Å². The number of aromatic amines is 1. The molecule has 1 aromatic heterocycles. The fourth-order valence-corrected chi connectivity index (χ4v) is 1.86. The number of aliphatic hydroxyl groups is 1. The Balaban J connectivity index is 2.09. The Kier molecular flexibility index (Phi) is 3.68. The summed E-state index contributed by atoms with van der Waals surface area (Å²) in [6.45, 7) is -0.0138. The molecule has 1 unspecified atom stereocenters. The van der Waals surface area contributed by atoms with Gasteiger partial charge in [0.15, 0.2) is 11.7 Å². The van der Waals surface area contributed by atoms with Gasteiger partial charge < -0.3 is 20.6 Å². The summed E-state index contributed by atoms with van der Waals surface area (Å²) >= 11 is 0. The van der Waals surface area contributed by atoms with E-state index in [0.29, 0.717) is 5.69 Å². The maximum atomic E-state index is 12.3. The highest BCUT2D eigenvalue weighted by molar-refractivity contribution is 6.00. The number of hydrogen-bond donors (Lipinski definition) is 4. The Hall–Kier alpha value is -1.80. The van der Waals surface area contributed by atoms with Gasteiger partial charge >= 0.3 is 6.09 Å². The largest absolute Gasteiger partial charge is 0.394 e. The second-order valence-corrected chi connectivity index (χ2v) is 3.98. The smallest absolute Gasteiger partial charge is 0.303 e. The minimum Gasteiger partial charge on any atom is -0.394 e. The van der Waals surface area contributed by atoms with E-state index < -0.39 is 6.09 Å². The van der Waals surface area contributed by atoms with Crippen molar-refractivity contribution in [2.75, 3.05) is 6.61 Å². The van der Waals surface area contributed by atoms with Crippen LogP contribution in [0, 0.1) is 5.41 Å². The van der Waals surface area contributed by atoms with Crippen LogP contribution in [0.2, 0.25) is 0 Å². The lowest BCUT2D eigenvalue weighted by atomic mass is 10.1. The number of ether oxygens (including phenoxy) is 1. The summed E-state index contributed by atoms with van der Waals surface area (Å²) < 4.78 is 17.8. The molecule has 1 aliphatic heterocycles. The van der Waals surface area contributed by atoms with Crippen LogP contribution in [0.5, 0.6) is 0 Å². The summed E-state index contributed by atoms with van der Waals surface area (Å²) in [5.74, 6) is 0.00824. The van der Waals surface area contributed by atoms with Crippen molar-refractivity contribution in [2.45, 2.75) is 25.0 Å². The number of aromatic nitrogens is 2. The van der Waals surface area contributed by atoms with Crippen LogP contribution >= 0.6 is 0 Å². The molecule has 98 valence electrons. The first-order valence-electron chi connectivity index (χ1n) is 5.50. The van der Waals surface area contributed by atoms with E-state index in [-0.39, 0.29) is 30.5 Å². The molecule has 1 aromatic rings. The first-order valence-corrected chi connectivity index (χ1v) is 5.50. The zero-order chi connectivity index (χ0) is 13.1. The van der Waals surface area contributed by atoms with Crippen molar-refractivity contribution in [1.29, 1.82) is 5.41 Å². The molecular weight excluding hydrogens is 241 g/mol. The van der Waals surface area contributed by atoms with E-state index >= 15 is 0 Å². The zero-order valence-corrected chi connectivity index (χ0v) is 9.56. The van der Waals surface area contributed by atoms with E-state index in [2.05, 4.69) is 15.0 Å². The van der Waals surface area contributed by atoms with E-state index in [1.807, 2.05) is 0 Å². The predicted molar refractivity (Wildman–Crippen MR) is 62.1 cm³/mol. The molecule has 1 fully saturated rings. The molecule has 7 nitrogen and oxygen atoms in total. The number of aliphatic imine (C=N–C) groups is 1. The summed E-state index contributed by atoms with van der Waals surface area (Å²) in [5, 5.41) is 15.5. The van der Waals surface area contributed by atoms with Crippen LogP contribution in [0.1, 0.15) is 30.5 Å². The van der Waals surface area contributed by atoms with E-state index in [1.54, 1.807) is 0 Å². The summed E-state index contributed by atoms with van der Waals surface area (Å²) in [5.41, 5.74) is 6.15. The van der Waals surface area contributed by atoms with E-state index in [9.17, 15) is 4.39 Å². The van der Waals surface area contributed by atoms with Gasteiger partial charge in [-0.25, -0.2) is 4.98 Å². The molecule has 2 atom stereocenters. The van der Waals surface area contributed by atoms with Crippen LogP contribution in [0.15, 0.2) is 11.2 Å². The lowest BCUT2D eigenvalue weighted by Gasteiger charge is -2.09. The van der Waals surface area contributed by atoms with E-state index in [4.69, 9.17) is 21.0 Å². The highest BCUT2D eigenvalue weighted by Gasteiger charge is 2.27. The van der Waals surface area contributed by atoms with Gasteiger partial charge in [0.25, 0.3) is 0 Å². The van der Waals surface area contributed by atoms with Crippen molar-refractivity contribution in [2.24, 2.45) is 10.7 Å². The van der Waals surface area contributed by atoms with E-state index in [1.165, 1.54) is 6.20 Å². The summed E-state index contributed by atoms with van der Waals surface area (Å²) in [4.78, 5) is 9.97. The Labute approximate surface area is 102 Å². The van der Waals surface area contributed by atoms with Gasteiger partial charge in [0, 0.05) is 0 Å². The van der Waals surface area contributed by atoms with Gasteiger partial charge in [-0.2, -0.15) is 9.38 Å². The van der Waals surface area contributed by atoms with Gasteiger partial charge in [0.05, 0.1) is 30.7 Å². The van der Waals surface area contributed by atoms with Crippen molar-refractivity contribution >= 4 is 11.9 Å². The highest BCUT2D eigenvalue weighted by atomic mass is 19.1. The molecule has 2 rings (SSSR count). The third kappa shape index (κ3) is 2.71. The number of hydrogen-bond acceptors (Lipinski definition) is 4. The number of amidine groups is 2. The SMILES string of the molecule is N=C(F)/N=C(/N)c1ncc(C2CC[C@@H](CO)O2)[nH]1. The number of nitrogens with one attached hydrogen (secondary N) is 2. The van der Waals surface area contributed by atoms with Crippen molar-refractivity contribution in [3.8, 4) is 0 Å². The van der Waals surface area contributed by atoms with Crippen LogP contribution in [-0.2, 0) is 4.74 Å². The lowest BCUT2D eigenvalue weighted by Crippen LogP contribution is -2.16. The van der Waals surface area contributed by atoms with Crippen molar-refractivity contribution in [1.82, 2.24) is 9.97 Å². The molecule has 0 amide bonds. The molecule has 0 saturated carbocycles. The number of imidazole rings is 1. The standard InChI is InChI=1S/C10H14FN5O2/c11-10(13)16-8(12)9-14-3-6(15-9)7-2-1-5(4-17)18-7/h3,5,7,17H,1-2,4H2,(H,14,15)(H3,12,13,16)/t5-,7?/m0/s1. The van der Waals surface area contributed by atoms with Crippen LogP contribution in [-0.4, -0.2) is 39.7 Å². The number of nitrogens with zero attached hydrogens (tertiary/aromatic N) is 2. The van der Waals surface area contributed by atoms with Gasteiger partial charge in [-0.1, -0.05) is 0 Å². The average molecular weight is 255 g/mol. The first kappa shape index (κ1) is 12.7. The maximum Gasteiger partial charge on any atom is 0.303 e. The van der Waals surface area contributed by atoms with Crippen LogP contribution in [0.25, 0.3) is 0 Å². The molecule has 0 aliphatic carbocycles. The third-order valence-electron chi connectivity index (χ3n) is 2.71. The number of halogens is 1. The number of aliphatic hydroxyl groups excluding tert-OH is 1. The first-order chi connectivity index (χ1) is 8.60. The van der Waals surface area contributed by atoms with Crippen molar-refractivity contribution < 1.29 is 14.2 Å². The Morgan fingerprint density at radius 2 is 2.50 bits per heavy atom. The molecule has 0 spiro atoms. The number of nitrogens with two attached hydrogens (primary N) is 1. The molecule has 0 aromatic carbocycles. The van der Waals surface area contributed by atoms with Gasteiger partial charge in [-0.3, -0.25) is 5.41 Å². The zero-order valence-electron chi connectivity index (χ0n) is 9.56. The topological polar surface area (TPSA) is 120 Å². The van der Waals surface area contributed by atoms with Crippen LogP contribution < -0.4 is 5.73 Å². The molecular formula is C10H14FN5O2. The van der Waals surface area contributed by atoms with Gasteiger partial charge in [-0.15, -0.1) is 0 Å². The fourth-order valence-electron chi connectivity index (χ4n) is 1.86. The summed E-state index contributed by atoms with van der Waals surface area (Å²) in [6, 6.07) is 0. The maximum absolute atomic E-state index is 12.3. The molecule has 0 radical (unpaired) electrons. The van der Waals surface area contributed by atoms with E-state index in [0.717, 1.165) is 12.8 Å². The predicted octanol–water partition coefficient (Wildman–Crippen LogP) is 0.232. The molecule has 8 heteroatoms. The summed E-state index contributed by atoms with van der Waals surface area (Å²) in [7, 11) is 0. The fraction of sp³-hybridized carbons (Fsp3) is 0.500. The average Bonchev–Trinajstić information content (AvgIpc) is 2.96. The lowest BCUT2D eigenvalue weighted by molar-refractivity contribution is 0.00939. The van der Waals surface area contributed by atoms with Crippen molar-refractivity contribution in [3.63, 3.8) is 0 Å².